The number of nitrogens with one attached hydrogen (secondary N) is 2. The molecular weight excluding hydrogens is 710 g/mol. The third-order valence-corrected chi connectivity index (χ3v) is 8.00. The Morgan fingerprint density at radius 3 is 1.62 bits per heavy atom. The van der Waals surface area contributed by atoms with Gasteiger partial charge in [0.25, 0.3) is 10.1 Å². The van der Waals surface area contributed by atoms with Crippen molar-refractivity contribution in [3.05, 3.63) is 59.7 Å². The molecule has 0 unspecified atom stereocenters. The molecule has 2 saturated heterocycles. The Morgan fingerprint density at radius 1 is 0.810 bits per heavy atom. The number of benzene rings is 2. The fraction of sp³-hybridized carbons (Fsp3) is 0.517. The number of anilines is 2. The summed E-state index contributed by atoms with van der Waals surface area (Å²) in [6.45, 7) is 5.73. The van der Waals surface area contributed by atoms with Gasteiger partial charge in [-0.15, -0.1) is 35.6 Å². The quantitative estimate of drug-likeness (QED) is 0.172. The van der Waals surface area contributed by atoms with E-state index in [0.717, 1.165) is 76.0 Å². The predicted octanol–water partition coefficient (Wildman–Crippen LogP) is 2.65. The Kier molecular flexibility index (Phi) is 19.9. The fourth-order valence-corrected chi connectivity index (χ4v) is 5.67. The molecule has 0 aromatic heterocycles. The van der Waals surface area contributed by atoms with Crippen LogP contribution in [0.1, 0.15) is 48.6 Å². The van der Waals surface area contributed by atoms with E-state index in [9.17, 15) is 18.0 Å². The molecule has 2 fully saturated rings. The SMILES string of the molecule is CS(=O)(=O)OCCN1CCC(c2cccc(N[C-]=O)c2)CC1.O=[C-]Nc1cccc(C2CCN(CCO)CC2)c1.[Y].[Y]. The molecule has 0 spiro atoms. The van der Waals surface area contributed by atoms with E-state index in [-0.39, 0.29) is 78.6 Å². The van der Waals surface area contributed by atoms with Crippen LogP contribution in [0.25, 0.3) is 0 Å². The van der Waals surface area contributed by atoms with E-state index in [0.29, 0.717) is 18.4 Å². The number of aliphatic hydroxyl groups is 1. The molecule has 2 aromatic carbocycles. The molecule has 2 amide bonds. The zero-order chi connectivity index (χ0) is 28.8. The van der Waals surface area contributed by atoms with Crippen molar-refractivity contribution < 1.29 is 92.7 Å². The summed E-state index contributed by atoms with van der Waals surface area (Å²) in [6.07, 6.45) is 8.68. The molecule has 2 aliphatic heterocycles. The van der Waals surface area contributed by atoms with Crippen molar-refractivity contribution in [2.24, 2.45) is 0 Å². The molecule has 226 valence electrons. The molecule has 10 nitrogen and oxygen atoms in total. The zero-order valence-electron chi connectivity index (χ0n) is 24.2. The molecule has 0 aliphatic carbocycles. The molecule has 0 saturated carbocycles. The first kappa shape index (κ1) is 39.4. The van der Waals surface area contributed by atoms with Gasteiger partial charge in [-0.3, -0.25) is 4.18 Å². The standard InChI is InChI=1S/C15H21N2O4S.C14H19N2O2.2Y/c1-22(19,20)21-10-9-17-7-5-13(6-8-17)14-3-2-4-15(11-14)16-12-18;17-9-8-16-6-4-12(5-7-16)13-2-1-3-14(10-13)15-11-18;;/h2-4,11,13H,5-10H2,1H3,(H,16,18);1-3,10,12,17H,4-9H2,(H,15,18);;/q2*-1;;. The van der Waals surface area contributed by atoms with Gasteiger partial charge in [-0.05, 0) is 63.7 Å². The monoisotopic (exact) mass is 750 g/mol. The van der Waals surface area contributed by atoms with Crippen LogP contribution < -0.4 is 10.6 Å². The summed E-state index contributed by atoms with van der Waals surface area (Å²) in [7, 11) is -3.35. The van der Waals surface area contributed by atoms with Gasteiger partial charge in [-0.2, -0.15) is 8.42 Å². The number of hydrogen-bond donors (Lipinski definition) is 3. The second kappa shape index (κ2) is 21.2. The van der Waals surface area contributed by atoms with Crippen molar-refractivity contribution in [1.29, 1.82) is 0 Å². The minimum absolute atomic E-state index is 0. The Hall–Kier alpha value is -0.622. The largest absolute Gasteiger partial charge is 0.490 e. The Balaban J connectivity index is 0.000000408. The van der Waals surface area contributed by atoms with E-state index in [1.807, 2.05) is 36.4 Å². The molecule has 0 atom stereocenters. The van der Waals surface area contributed by atoms with E-state index in [2.05, 4.69) is 32.6 Å². The summed E-state index contributed by atoms with van der Waals surface area (Å²) in [5.74, 6) is 1.01. The maximum Gasteiger partial charge on any atom is 0.264 e. The number of likely N-dealkylation sites (tertiary alicyclic amines) is 2. The fourth-order valence-electron chi connectivity index (χ4n) is 5.30. The topological polar surface area (TPSA) is 128 Å². The van der Waals surface area contributed by atoms with Gasteiger partial charge in [-0.1, -0.05) is 35.4 Å². The molecule has 2 heterocycles. The summed E-state index contributed by atoms with van der Waals surface area (Å²) in [5, 5.41) is 14.0. The Bertz CT molecular complexity index is 1170. The van der Waals surface area contributed by atoms with E-state index in [1.54, 1.807) is 12.8 Å². The zero-order valence-corrected chi connectivity index (χ0v) is 30.7. The van der Waals surface area contributed by atoms with E-state index < -0.39 is 10.1 Å². The van der Waals surface area contributed by atoms with Crippen LogP contribution >= 0.6 is 0 Å². The maximum atomic E-state index is 10.9. The van der Waals surface area contributed by atoms with Gasteiger partial charge >= 0.3 is 0 Å². The van der Waals surface area contributed by atoms with Crippen LogP contribution in [-0.4, -0.2) is 94.9 Å². The van der Waals surface area contributed by atoms with Gasteiger partial charge in [-0.25, -0.2) is 0 Å². The normalized spacial score (nSPS) is 16.6. The van der Waals surface area contributed by atoms with Crippen LogP contribution in [0.2, 0.25) is 0 Å². The van der Waals surface area contributed by atoms with Crippen molar-refractivity contribution >= 4 is 34.3 Å². The van der Waals surface area contributed by atoms with Crippen molar-refractivity contribution in [2.75, 3.05) is 69.4 Å². The van der Waals surface area contributed by atoms with Gasteiger partial charge in [0.05, 0.1) is 32.3 Å². The summed E-state index contributed by atoms with van der Waals surface area (Å²) in [5.41, 5.74) is 4.06. The van der Waals surface area contributed by atoms with Crippen LogP contribution in [-0.2, 0) is 89.3 Å². The van der Waals surface area contributed by atoms with Crippen LogP contribution in [0.5, 0.6) is 0 Å². The van der Waals surface area contributed by atoms with E-state index >= 15 is 0 Å². The first-order valence-corrected chi connectivity index (χ1v) is 15.5. The van der Waals surface area contributed by atoms with Gasteiger partial charge in [0, 0.05) is 78.5 Å². The van der Waals surface area contributed by atoms with E-state index in [4.69, 9.17) is 9.29 Å². The predicted molar refractivity (Wildman–Crippen MR) is 156 cm³/mol. The number of hydrogen-bond acceptors (Lipinski definition) is 8. The average molecular weight is 751 g/mol. The van der Waals surface area contributed by atoms with Crippen molar-refractivity contribution in [3.63, 3.8) is 0 Å². The minimum atomic E-state index is -3.35. The van der Waals surface area contributed by atoms with Gasteiger partial charge < -0.3 is 35.1 Å². The number of piperidine rings is 2. The second-order valence-corrected chi connectivity index (χ2v) is 11.8. The average Bonchev–Trinajstić information content (AvgIpc) is 2.94. The number of rotatable bonds is 12. The van der Waals surface area contributed by atoms with Crippen LogP contribution in [0.4, 0.5) is 11.4 Å². The smallest absolute Gasteiger partial charge is 0.264 e. The Morgan fingerprint density at radius 2 is 1.24 bits per heavy atom. The summed E-state index contributed by atoms with van der Waals surface area (Å²) < 4.78 is 26.6. The van der Waals surface area contributed by atoms with Crippen LogP contribution in [0, 0.1) is 0 Å². The Labute approximate surface area is 300 Å². The summed E-state index contributed by atoms with van der Waals surface area (Å²) in [6, 6.07) is 15.8. The molecule has 2 aromatic rings. The van der Waals surface area contributed by atoms with E-state index in [1.165, 1.54) is 11.1 Å². The molecule has 13 heteroatoms. The van der Waals surface area contributed by atoms with Crippen LogP contribution in [0.15, 0.2) is 48.5 Å². The number of β-amino-alcohol motifs (C(OH)–C–C–N with tert-alkyl or cyclic N) is 1. The number of aliphatic hydroxyl groups excluding tert-OH is 1. The third-order valence-electron chi connectivity index (χ3n) is 7.40. The number of carbonyl (C=O) groups excluding carboxylic acids is 2. The van der Waals surface area contributed by atoms with Crippen molar-refractivity contribution in [3.8, 4) is 0 Å². The second-order valence-electron chi connectivity index (χ2n) is 10.2. The summed E-state index contributed by atoms with van der Waals surface area (Å²) in [4.78, 5) is 25.2. The molecule has 42 heavy (non-hydrogen) atoms. The molecule has 2 aliphatic rings. The molecular formula is C29H40N4O6SY2-2. The van der Waals surface area contributed by atoms with Gasteiger partial charge in [0.2, 0.25) is 0 Å². The maximum absolute atomic E-state index is 10.9. The van der Waals surface area contributed by atoms with Crippen molar-refractivity contribution in [2.45, 2.75) is 37.5 Å². The molecule has 4 rings (SSSR count). The third kappa shape index (κ3) is 14.4. The minimum Gasteiger partial charge on any atom is -0.490 e. The van der Waals surface area contributed by atoms with Gasteiger partial charge in [0.1, 0.15) is 0 Å². The molecule has 2 radical (unpaired) electrons. The molecule has 0 bridgehead atoms. The number of nitrogens with zero attached hydrogens (tertiary/aromatic N) is 2. The first-order valence-electron chi connectivity index (χ1n) is 13.7. The number of amides is 2. The summed E-state index contributed by atoms with van der Waals surface area (Å²) >= 11 is 0. The first-order chi connectivity index (χ1) is 19.3. The van der Waals surface area contributed by atoms with Crippen molar-refractivity contribution in [1.82, 2.24) is 9.80 Å². The van der Waals surface area contributed by atoms with Gasteiger partial charge in [0.15, 0.2) is 0 Å². The molecule has 3 N–H and O–H groups in total. The van der Waals surface area contributed by atoms with Crippen LogP contribution in [0.3, 0.4) is 0 Å².